The fourth-order valence-electron chi connectivity index (χ4n) is 1.50. The molecule has 3 heteroatoms. The van der Waals surface area contributed by atoms with E-state index in [4.69, 9.17) is 0 Å². The van der Waals surface area contributed by atoms with E-state index in [0.29, 0.717) is 6.04 Å². The van der Waals surface area contributed by atoms with Crippen LogP contribution in [0.2, 0.25) is 0 Å². The number of nitrogens with one attached hydrogen (secondary N) is 1. The van der Waals surface area contributed by atoms with Gasteiger partial charge in [0.15, 0.2) is 0 Å². The predicted molar refractivity (Wildman–Crippen MR) is 64.7 cm³/mol. The Morgan fingerprint density at radius 2 is 2.07 bits per heavy atom. The van der Waals surface area contributed by atoms with Gasteiger partial charge < -0.3 is 4.90 Å². The Balaban J connectivity index is 4.24. The smallest absolute Gasteiger partial charge is 0.116 e. The Kier molecular flexibility index (Phi) is 6.55. The number of hydrogen-bond donors (Lipinski definition) is 1. The van der Waals surface area contributed by atoms with E-state index in [2.05, 4.69) is 44.1 Å². The first-order chi connectivity index (χ1) is 6.99. The van der Waals surface area contributed by atoms with Gasteiger partial charge in [-0.05, 0) is 40.3 Å². The fraction of sp³-hybridized carbons (Fsp3) is 0.917. The highest BCUT2D eigenvalue weighted by molar-refractivity contribution is 5.05. The average Bonchev–Trinajstić information content (AvgIpc) is 2.25. The minimum absolute atomic E-state index is 0.422. The lowest BCUT2D eigenvalue weighted by atomic mass is 10.0. The summed E-state index contributed by atoms with van der Waals surface area (Å²) >= 11 is 0. The van der Waals surface area contributed by atoms with Crippen LogP contribution in [0.4, 0.5) is 0 Å². The van der Waals surface area contributed by atoms with E-state index in [1.54, 1.807) is 0 Å². The maximum absolute atomic E-state index is 9.18. The van der Waals surface area contributed by atoms with Crippen molar-refractivity contribution in [2.24, 2.45) is 0 Å². The molecule has 88 valence electrons. The van der Waals surface area contributed by atoms with Crippen molar-refractivity contribution in [2.75, 3.05) is 20.1 Å². The number of likely N-dealkylation sites (N-methyl/N-ethyl adjacent to an activating group) is 1. The van der Waals surface area contributed by atoms with Gasteiger partial charge in [0.2, 0.25) is 0 Å². The second-order valence-corrected chi connectivity index (χ2v) is 4.54. The van der Waals surface area contributed by atoms with Gasteiger partial charge >= 0.3 is 0 Å². The van der Waals surface area contributed by atoms with Gasteiger partial charge in [0.25, 0.3) is 0 Å². The number of rotatable bonds is 7. The molecule has 0 amide bonds. The highest BCUT2D eigenvalue weighted by Crippen LogP contribution is 2.08. The van der Waals surface area contributed by atoms with E-state index < -0.39 is 5.54 Å². The Morgan fingerprint density at radius 3 is 2.47 bits per heavy atom. The van der Waals surface area contributed by atoms with Crippen LogP contribution in [0, 0.1) is 11.3 Å². The van der Waals surface area contributed by atoms with Crippen LogP contribution in [0.5, 0.6) is 0 Å². The fourth-order valence-corrected chi connectivity index (χ4v) is 1.50. The third-order valence-corrected chi connectivity index (χ3v) is 2.92. The van der Waals surface area contributed by atoms with Crippen molar-refractivity contribution >= 4 is 0 Å². The molecule has 0 heterocycles. The largest absolute Gasteiger partial charge is 0.301 e. The quantitative estimate of drug-likeness (QED) is 0.700. The second kappa shape index (κ2) is 6.81. The molecular formula is C12H25N3. The van der Waals surface area contributed by atoms with Crippen molar-refractivity contribution in [3.05, 3.63) is 0 Å². The van der Waals surface area contributed by atoms with Crippen LogP contribution in [-0.2, 0) is 0 Å². The van der Waals surface area contributed by atoms with Crippen LogP contribution in [-0.4, -0.2) is 36.6 Å². The molecule has 0 radical (unpaired) electrons. The van der Waals surface area contributed by atoms with Crippen molar-refractivity contribution in [3.63, 3.8) is 0 Å². The molecule has 2 unspecified atom stereocenters. The van der Waals surface area contributed by atoms with E-state index in [-0.39, 0.29) is 0 Å². The number of nitrogens with zero attached hydrogens (tertiary/aromatic N) is 2. The number of hydrogen-bond acceptors (Lipinski definition) is 3. The Bertz CT molecular complexity index is 209. The summed E-state index contributed by atoms with van der Waals surface area (Å²) in [6.07, 6.45) is 2.18. The normalized spacial score (nSPS) is 17.1. The molecule has 0 aromatic rings. The van der Waals surface area contributed by atoms with Gasteiger partial charge in [0.05, 0.1) is 6.07 Å². The van der Waals surface area contributed by atoms with Gasteiger partial charge in [-0.1, -0.05) is 13.8 Å². The highest BCUT2D eigenvalue weighted by Gasteiger charge is 2.25. The standard InChI is InChI=1S/C12H25N3/c1-6-8-14-12(4,9-13)10-15(5)11(3)7-2/h11,14H,6-8,10H2,1-5H3. The minimum atomic E-state index is -0.422. The van der Waals surface area contributed by atoms with E-state index in [1.807, 2.05) is 6.92 Å². The summed E-state index contributed by atoms with van der Waals surface area (Å²) in [5, 5.41) is 12.5. The Hall–Kier alpha value is -0.590. The molecule has 0 aromatic carbocycles. The second-order valence-electron chi connectivity index (χ2n) is 4.54. The van der Waals surface area contributed by atoms with Crippen molar-refractivity contribution < 1.29 is 0 Å². The molecule has 0 saturated heterocycles. The lowest BCUT2D eigenvalue weighted by molar-refractivity contribution is 0.204. The van der Waals surface area contributed by atoms with E-state index in [1.165, 1.54) is 0 Å². The molecule has 0 bridgehead atoms. The summed E-state index contributed by atoms with van der Waals surface area (Å²) in [6.45, 7) is 10.1. The zero-order chi connectivity index (χ0) is 11.9. The SMILES string of the molecule is CCCNC(C)(C#N)CN(C)C(C)CC. The van der Waals surface area contributed by atoms with Crippen LogP contribution in [0.3, 0.4) is 0 Å². The Labute approximate surface area is 94.5 Å². The molecule has 0 aliphatic rings. The Morgan fingerprint density at radius 1 is 1.47 bits per heavy atom. The molecule has 0 aliphatic heterocycles. The van der Waals surface area contributed by atoms with Gasteiger partial charge in [0.1, 0.15) is 5.54 Å². The molecule has 0 aromatic heterocycles. The van der Waals surface area contributed by atoms with Gasteiger partial charge in [-0.25, -0.2) is 0 Å². The minimum Gasteiger partial charge on any atom is -0.301 e. The molecule has 0 fully saturated rings. The molecule has 0 spiro atoms. The van der Waals surface area contributed by atoms with Crippen LogP contribution in [0.25, 0.3) is 0 Å². The van der Waals surface area contributed by atoms with Crippen LogP contribution >= 0.6 is 0 Å². The zero-order valence-corrected chi connectivity index (χ0v) is 10.8. The molecule has 0 rings (SSSR count). The molecule has 0 aliphatic carbocycles. The topological polar surface area (TPSA) is 39.1 Å². The maximum atomic E-state index is 9.18. The van der Waals surface area contributed by atoms with Crippen molar-refractivity contribution in [1.29, 1.82) is 5.26 Å². The van der Waals surface area contributed by atoms with Crippen molar-refractivity contribution in [1.82, 2.24) is 10.2 Å². The summed E-state index contributed by atoms with van der Waals surface area (Å²) < 4.78 is 0. The molecular weight excluding hydrogens is 186 g/mol. The van der Waals surface area contributed by atoms with Crippen molar-refractivity contribution in [3.8, 4) is 6.07 Å². The van der Waals surface area contributed by atoms with E-state index in [0.717, 1.165) is 25.9 Å². The molecule has 1 N–H and O–H groups in total. The van der Waals surface area contributed by atoms with Crippen molar-refractivity contribution in [2.45, 2.75) is 52.1 Å². The lowest BCUT2D eigenvalue weighted by Crippen LogP contribution is -2.51. The summed E-state index contributed by atoms with van der Waals surface area (Å²) in [5.41, 5.74) is -0.422. The van der Waals surface area contributed by atoms with Gasteiger partial charge in [-0.15, -0.1) is 0 Å². The van der Waals surface area contributed by atoms with E-state index in [9.17, 15) is 5.26 Å². The summed E-state index contributed by atoms with van der Waals surface area (Å²) in [7, 11) is 2.08. The molecule has 0 saturated carbocycles. The van der Waals surface area contributed by atoms with Gasteiger partial charge in [0, 0.05) is 12.6 Å². The average molecular weight is 211 g/mol. The first-order valence-electron chi connectivity index (χ1n) is 5.85. The van der Waals surface area contributed by atoms with Gasteiger partial charge in [-0.2, -0.15) is 5.26 Å². The zero-order valence-electron chi connectivity index (χ0n) is 10.8. The first-order valence-corrected chi connectivity index (χ1v) is 5.85. The summed E-state index contributed by atoms with van der Waals surface area (Å²) in [4.78, 5) is 2.24. The number of nitriles is 1. The van der Waals surface area contributed by atoms with Crippen LogP contribution < -0.4 is 5.32 Å². The predicted octanol–water partition coefficient (Wildman–Crippen LogP) is 2.00. The molecule has 15 heavy (non-hydrogen) atoms. The summed E-state index contributed by atoms with van der Waals surface area (Å²) in [5.74, 6) is 0. The summed E-state index contributed by atoms with van der Waals surface area (Å²) in [6, 6.07) is 2.90. The van der Waals surface area contributed by atoms with Crippen LogP contribution in [0.1, 0.15) is 40.5 Å². The first kappa shape index (κ1) is 14.4. The monoisotopic (exact) mass is 211 g/mol. The third-order valence-electron chi connectivity index (χ3n) is 2.92. The lowest BCUT2D eigenvalue weighted by Gasteiger charge is -2.32. The highest BCUT2D eigenvalue weighted by atomic mass is 15.2. The van der Waals surface area contributed by atoms with E-state index >= 15 is 0 Å². The maximum Gasteiger partial charge on any atom is 0.116 e. The third kappa shape index (κ3) is 5.15. The molecule has 3 nitrogen and oxygen atoms in total. The van der Waals surface area contributed by atoms with Gasteiger partial charge in [-0.3, -0.25) is 5.32 Å². The van der Waals surface area contributed by atoms with Crippen LogP contribution in [0.15, 0.2) is 0 Å². The molecule has 2 atom stereocenters.